The van der Waals surface area contributed by atoms with E-state index in [0.29, 0.717) is 16.9 Å². The van der Waals surface area contributed by atoms with E-state index >= 15 is 0 Å². The van der Waals surface area contributed by atoms with Gasteiger partial charge in [-0.15, -0.1) is 0 Å². The van der Waals surface area contributed by atoms with Crippen molar-refractivity contribution in [1.82, 2.24) is 0 Å². The first kappa shape index (κ1) is 11.6. The topological polar surface area (TPSA) is 72.2 Å². The maximum atomic E-state index is 12.1. The third kappa shape index (κ3) is 2.02. The summed E-state index contributed by atoms with van der Waals surface area (Å²) in [6.45, 7) is 3.88. The number of rotatable bonds is 1. The van der Waals surface area contributed by atoms with Gasteiger partial charge in [0.05, 0.1) is 11.3 Å². The van der Waals surface area contributed by atoms with Crippen LogP contribution in [0.5, 0.6) is 0 Å². The largest absolute Gasteiger partial charge is 0.398 e. The molecule has 1 aliphatic heterocycles. The molecule has 0 saturated heterocycles. The van der Waals surface area contributed by atoms with E-state index in [-0.39, 0.29) is 29.9 Å². The molecule has 4 heteroatoms. The minimum absolute atomic E-state index is 0.0600. The summed E-state index contributed by atoms with van der Waals surface area (Å²) in [6, 6.07) is 5.13. The van der Waals surface area contributed by atoms with Crippen LogP contribution in [0.1, 0.15) is 30.6 Å². The summed E-state index contributed by atoms with van der Waals surface area (Å²) in [5.74, 6) is -0.309. The van der Waals surface area contributed by atoms with Crippen LogP contribution in [0, 0.1) is 11.8 Å². The highest BCUT2D eigenvalue weighted by molar-refractivity contribution is 6.12. The van der Waals surface area contributed by atoms with Gasteiger partial charge in [-0.05, 0) is 18.1 Å². The maximum Gasteiger partial charge on any atom is 0.228 e. The molecule has 1 atom stereocenters. The minimum atomic E-state index is -0.283. The van der Waals surface area contributed by atoms with Gasteiger partial charge in [-0.3, -0.25) is 9.59 Å². The van der Waals surface area contributed by atoms with E-state index in [0.717, 1.165) is 0 Å². The quantitative estimate of drug-likeness (QED) is 0.728. The van der Waals surface area contributed by atoms with Crippen LogP contribution in [-0.4, -0.2) is 11.7 Å². The summed E-state index contributed by atoms with van der Waals surface area (Å²) in [5, 5.41) is 2.79. The second-order valence-corrected chi connectivity index (χ2v) is 4.74. The number of nitrogens with one attached hydrogen (secondary N) is 1. The van der Waals surface area contributed by atoms with Gasteiger partial charge in [-0.1, -0.05) is 19.9 Å². The number of anilines is 2. The number of Topliss-reactive ketones (excluding diaryl/α,β-unsaturated/α-hetero) is 1. The standard InChI is InChI=1S/C13H16N2O2/c1-7(2)8-6-11(16)12-9(14)4-3-5-10(12)15-13(8)17/h3-5,7-8H,6,14H2,1-2H3,(H,15,17)/t8-/m0/s1. The lowest BCUT2D eigenvalue weighted by atomic mass is 9.89. The van der Waals surface area contributed by atoms with Crippen LogP contribution in [0.4, 0.5) is 11.4 Å². The molecular formula is C13H16N2O2. The van der Waals surface area contributed by atoms with Crippen LogP contribution in [-0.2, 0) is 4.79 Å². The van der Waals surface area contributed by atoms with Gasteiger partial charge in [0.1, 0.15) is 0 Å². The van der Waals surface area contributed by atoms with Crippen molar-refractivity contribution >= 4 is 23.1 Å². The van der Waals surface area contributed by atoms with Crippen molar-refractivity contribution in [3.8, 4) is 0 Å². The van der Waals surface area contributed by atoms with Crippen LogP contribution in [0.15, 0.2) is 18.2 Å². The van der Waals surface area contributed by atoms with E-state index in [1.807, 2.05) is 13.8 Å². The molecule has 0 aliphatic carbocycles. The number of carbonyl (C=O) groups excluding carboxylic acids is 2. The van der Waals surface area contributed by atoms with Gasteiger partial charge >= 0.3 is 0 Å². The number of ketones is 1. The fourth-order valence-electron chi connectivity index (χ4n) is 2.14. The molecule has 2 rings (SSSR count). The number of amides is 1. The Morgan fingerprint density at radius 3 is 2.71 bits per heavy atom. The lowest BCUT2D eigenvalue weighted by molar-refractivity contribution is -0.121. The van der Waals surface area contributed by atoms with Crippen LogP contribution in [0.2, 0.25) is 0 Å². The molecule has 0 saturated carbocycles. The molecule has 0 aromatic heterocycles. The van der Waals surface area contributed by atoms with Crippen molar-refractivity contribution < 1.29 is 9.59 Å². The Hall–Kier alpha value is -1.84. The monoisotopic (exact) mass is 232 g/mol. The number of benzene rings is 1. The van der Waals surface area contributed by atoms with Gasteiger partial charge in [-0.2, -0.15) is 0 Å². The molecule has 1 aliphatic rings. The molecular weight excluding hydrogens is 216 g/mol. The first-order valence-electron chi connectivity index (χ1n) is 5.73. The molecule has 0 fully saturated rings. The Morgan fingerprint density at radius 2 is 2.06 bits per heavy atom. The Bertz CT molecular complexity index is 480. The second-order valence-electron chi connectivity index (χ2n) is 4.74. The molecule has 0 unspecified atom stereocenters. The smallest absolute Gasteiger partial charge is 0.228 e. The van der Waals surface area contributed by atoms with Gasteiger partial charge in [0, 0.05) is 18.0 Å². The van der Waals surface area contributed by atoms with Crippen LogP contribution >= 0.6 is 0 Å². The highest BCUT2D eigenvalue weighted by Gasteiger charge is 2.31. The normalized spacial score (nSPS) is 19.8. The van der Waals surface area contributed by atoms with E-state index in [2.05, 4.69) is 5.32 Å². The van der Waals surface area contributed by atoms with E-state index in [1.54, 1.807) is 18.2 Å². The number of carbonyl (C=O) groups is 2. The molecule has 1 aromatic carbocycles. The zero-order valence-electron chi connectivity index (χ0n) is 9.99. The number of hydrogen-bond donors (Lipinski definition) is 2. The zero-order valence-corrected chi connectivity index (χ0v) is 9.99. The summed E-state index contributed by atoms with van der Waals surface area (Å²) >= 11 is 0. The van der Waals surface area contributed by atoms with Crippen molar-refractivity contribution in [3.63, 3.8) is 0 Å². The Balaban J connectivity index is 2.47. The molecule has 1 aromatic rings. The SMILES string of the molecule is CC(C)[C@@H]1CC(=O)c2c(N)cccc2NC1=O. The Kier molecular flexibility index (Phi) is 2.88. The summed E-state index contributed by atoms with van der Waals surface area (Å²) < 4.78 is 0. The zero-order chi connectivity index (χ0) is 12.6. The Morgan fingerprint density at radius 1 is 1.35 bits per heavy atom. The average molecular weight is 232 g/mol. The summed E-state index contributed by atoms with van der Waals surface area (Å²) in [6.07, 6.45) is 0.227. The van der Waals surface area contributed by atoms with E-state index in [9.17, 15) is 9.59 Å². The van der Waals surface area contributed by atoms with Crippen LogP contribution in [0.25, 0.3) is 0 Å². The van der Waals surface area contributed by atoms with Gasteiger partial charge in [-0.25, -0.2) is 0 Å². The van der Waals surface area contributed by atoms with Gasteiger partial charge in [0.15, 0.2) is 5.78 Å². The molecule has 1 heterocycles. The first-order chi connectivity index (χ1) is 8.00. The number of fused-ring (bicyclic) bond motifs is 1. The van der Waals surface area contributed by atoms with Crippen molar-refractivity contribution in [2.24, 2.45) is 11.8 Å². The minimum Gasteiger partial charge on any atom is -0.398 e. The Labute approximate surface area is 100 Å². The number of hydrogen-bond acceptors (Lipinski definition) is 3. The van der Waals surface area contributed by atoms with Gasteiger partial charge in [0.2, 0.25) is 5.91 Å². The number of nitrogens with two attached hydrogens (primary N) is 1. The van der Waals surface area contributed by atoms with Crippen molar-refractivity contribution in [2.45, 2.75) is 20.3 Å². The third-order valence-corrected chi connectivity index (χ3v) is 3.18. The van der Waals surface area contributed by atoms with Crippen LogP contribution in [0.3, 0.4) is 0 Å². The fraction of sp³-hybridized carbons (Fsp3) is 0.385. The molecule has 17 heavy (non-hydrogen) atoms. The first-order valence-corrected chi connectivity index (χ1v) is 5.73. The van der Waals surface area contributed by atoms with Crippen LogP contribution < -0.4 is 11.1 Å². The lowest BCUT2D eigenvalue weighted by Gasteiger charge is -2.15. The third-order valence-electron chi connectivity index (χ3n) is 3.18. The molecule has 4 nitrogen and oxygen atoms in total. The molecule has 1 amide bonds. The summed E-state index contributed by atoms with van der Waals surface area (Å²) in [7, 11) is 0. The predicted octanol–water partition coefficient (Wildman–Crippen LogP) is 2.07. The van der Waals surface area contributed by atoms with E-state index in [4.69, 9.17) is 5.73 Å². The lowest BCUT2D eigenvalue weighted by Crippen LogP contribution is -2.26. The predicted molar refractivity (Wildman–Crippen MR) is 66.8 cm³/mol. The second kappa shape index (κ2) is 4.20. The van der Waals surface area contributed by atoms with E-state index < -0.39 is 0 Å². The van der Waals surface area contributed by atoms with Gasteiger partial charge in [0.25, 0.3) is 0 Å². The fourth-order valence-corrected chi connectivity index (χ4v) is 2.14. The van der Waals surface area contributed by atoms with Crippen molar-refractivity contribution in [1.29, 1.82) is 0 Å². The van der Waals surface area contributed by atoms with Crippen molar-refractivity contribution in [2.75, 3.05) is 11.1 Å². The van der Waals surface area contributed by atoms with Crippen molar-refractivity contribution in [3.05, 3.63) is 23.8 Å². The molecule has 0 radical (unpaired) electrons. The molecule has 3 N–H and O–H groups in total. The van der Waals surface area contributed by atoms with Gasteiger partial charge < -0.3 is 11.1 Å². The highest BCUT2D eigenvalue weighted by Crippen LogP contribution is 2.31. The highest BCUT2D eigenvalue weighted by atomic mass is 16.2. The molecule has 0 bridgehead atoms. The average Bonchev–Trinajstić information content (AvgIpc) is 2.36. The summed E-state index contributed by atoms with van der Waals surface area (Å²) in [5.41, 5.74) is 7.20. The molecule has 0 spiro atoms. The maximum absolute atomic E-state index is 12.1. The summed E-state index contributed by atoms with van der Waals surface area (Å²) in [4.78, 5) is 24.1. The number of nitrogen functional groups attached to an aromatic ring is 1. The van der Waals surface area contributed by atoms with E-state index in [1.165, 1.54) is 0 Å². The molecule has 90 valence electrons.